The van der Waals surface area contributed by atoms with Crippen LogP contribution < -0.4 is 5.73 Å². The molecule has 5 rings (SSSR count). The van der Waals surface area contributed by atoms with E-state index in [1.165, 1.54) is 119 Å². The Morgan fingerprint density at radius 3 is 2.07 bits per heavy atom. The predicted molar refractivity (Wildman–Crippen MR) is 212 cm³/mol. The number of halogens is 2. The van der Waals surface area contributed by atoms with E-state index >= 15 is 0 Å². The molecule has 7 atom stereocenters. The fourth-order valence-corrected chi connectivity index (χ4v) is 8.65. The number of unbranched alkanes of at least 4 members (excludes halogenated alkanes) is 15. The Morgan fingerprint density at radius 1 is 0.912 bits per heavy atom. The summed E-state index contributed by atoms with van der Waals surface area (Å²) in [5, 5.41) is 26.8. The molecule has 16 heteroatoms. The molecule has 57 heavy (non-hydrogen) atoms. The minimum atomic E-state index is -4.81. The van der Waals surface area contributed by atoms with Crippen molar-refractivity contribution in [3.8, 4) is 0 Å². The van der Waals surface area contributed by atoms with Crippen LogP contribution in [0.1, 0.15) is 140 Å². The quantitative estimate of drug-likeness (QED) is 0.0389. The van der Waals surface area contributed by atoms with E-state index in [4.69, 9.17) is 29.0 Å². The average molecular weight is 825 g/mol. The van der Waals surface area contributed by atoms with E-state index in [0.717, 1.165) is 19.3 Å². The summed E-state index contributed by atoms with van der Waals surface area (Å²) in [4.78, 5) is 14.6. The molecule has 1 aromatic carbocycles. The number of phosphoric acid groups is 1. The summed E-state index contributed by atoms with van der Waals surface area (Å²) in [7, 11) is -4.81. The van der Waals surface area contributed by atoms with Crippen molar-refractivity contribution in [2.45, 2.75) is 165 Å². The number of hydrogen-bond acceptors (Lipinski definition) is 11. The largest absolute Gasteiger partial charge is 0.472 e. The summed E-state index contributed by atoms with van der Waals surface area (Å²) >= 11 is 0. The van der Waals surface area contributed by atoms with Crippen molar-refractivity contribution in [3.63, 3.8) is 0 Å². The number of alkyl halides is 2. The van der Waals surface area contributed by atoms with Gasteiger partial charge >= 0.3 is 7.82 Å². The number of aromatic nitrogens is 3. The number of rotatable bonds is 29. The van der Waals surface area contributed by atoms with E-state index in [-0.39, 0.29) is 24.6 Å². The minimum absolute atomic E-state index is 0.0184. The van der Waals surface area contributed by atoms with Crippen molar-refractivity contribution in [1.82, 2.24) is 14.6 Å². The standard InChI is InChI=1S/C41H63F2N4O9P/c1-3-4-5-6-7-8-9-10-11-12-13-14-15-16-17-18-25-52-27-32(53-26-30-19-21-31(22-20-30)37(42)43)28-54-57(50,51)56-36-35-41(36,49)39(48)40(2,55-35)34-24-23-33-38(44)45-29-46-47(33)34/h19-24,29,32,35-37,39,48-49H,3-18,25-28H2,1-2H3,(H,50,51)(H2,44,45,46)/t32-,35-,36?,39+,40+,41+/m1/s1. The second-order valence-electron chi connectivity index (χ2n) is 15.7. The van der Waals surface area contributed by atoms with Gasteiger partial charge in [-0.3, -0.25) is 9.05 Å². The molecular formula is C41H63F2N4O9P. The highest BCUT2D eigenvalue weighted by atomic mass is 31.2. The molecular weight excluding hydrogens is 761 g/mol. The van der Waals surface area contributed by atoms with Crippen LogP contribution >= 0.6 is 7.82 Å². The van der Waals surface area contributed by atoms with Gasteiger partial charge in [-0.05, 0) is 31.0 Å². The van der Waals surface area contributed by atoms with Crippen LogP contribution in [0.5, 0.6) is 0 Å². The number of fused-ring (bicyclic) bond motifs is 2. The molecule has 0 amide bonds. The van der Waals surface area contributed by atoms with Crippen LogP contribution in [0, 0.1) is 0 Å². The highest BCUT2D eigenvalue weighted by Gasteiger charge is 2.82. The number of aliphatic hydroxyl groups is 2. The lowest BCUT2D eigenvalue weighted by molar-refractivity contribution is -0.127. The van der Waals surface area contributed by atoms with Gasteiger partial charge in [-0.1, -0.05) is 128 Å². The molecule has 2 aromatic heterocycles. The van der Waals surface area contributed by atoms with Gasteiger partial charge in [0.05, 0.1) is 25.5 Å². The maximum Gasteiger partial charge on any atom is 0.472 e. The Bertz CT molecular complexity index is 1700. The molecule has 0 bridgehead atoms. The van der Waals surface area contributed by atoms with Gasteiger partial charge in [0.15, 0.2) is 11.4 Å². The number of phosphoric ester groups is 1. The van der Waals surface area contributed by atoms with Gasteiger partial charge in [-0.15, -0.1) is 0 Å². The molecule has 0 spiro atoms. The zero-order valence-corrected chi connectivity index (χ0v) is 34.4. The Kier molecular flexibility index (Phi) is 17.2. The number of anilines is 1. The third-order valence-electron chi connectivity index (χ3n) is 11.2. The number of nitrogens with two attached hydrogens (primary N) is 1. The topological polar surface area (TPSA) is 180 Å². The first-order chi connectivity index (χ1) is 27.4. The Hall–Kier alpha value is -2.59. The molecule has 2 aliphatic rings. The molecule has 320 valence electrons. The van der Waals surface area contributed by atoms with Crippen LogP contribution in [0.3, 0.4) is 0 Å². The SMILES string of the molecule is CCCCCCCCCCCCCCCCCCOC[C@H](COP(=O)(O)OC1[C@H]2O[C@@](C)(c3ccc4c(N)ncnn34)[C@H](O)[C@@]12O)OCc1ccc(C(F)F)cc1. The van der Waals surface area contributed by atoms with E-state index in [1.54, 1.807) is 19.1 Å². The molecule has 2 unspecified atom stereocenters. The number of nitrogen functional groups attached to an aromatic ring is 1. The smallest absolute Gasteiger partial charge is 0.386 e. The number of ether oxygens (including phenoxy) is 3. The molecule has 0 radical (unpaired) electrons. The van der Waals surface area contributed by atoms with Gasteiger partial charge in [-0.25, -0.2) is 22.8 Å². The first-order valence-corrected chi connectivity index (χ1v) is 22.3. The fraction of sp³-hybridized carbons (Fsp3) is 0.707. The van der Waals surface area contributed by atoms with Gasteiger partial charge in [-0.2, -0.15) is 5.10 Å². The van der Waals surface area contributed by atoms with Crippen molar-refractivity contribution in [1.29, 1.82) is 0 Å². The summed E-state index contributed by atoms with van der Waals surface area (Å²) in [5.74, 6) is 0.216. The summed E-state index contributed by atoms with van der Waals surface area (Å²) in [5.41, 5.74) is 3.87. The lowest BCUT2D eigenvalue weighted by atomic mass is 9.91. The van der Waals surface area contributed by atoms with Gasteiger partial charge in [0.25, 0.3) is 6.43 Å². The Morgan fingerprint density at radius 2 is 1.51 bits per heavy atom. The molecule has 5 N–H and O–H groups in total. The highest BCUT2D eigenvalue weighted by molar-refractivity contribution is 7.47. The minimum Gasteiger partial charge on any atom is -0.386 e. The molecule has 1 saturated heterocycles. The molecule has 1 aliphatic carbocycles. The van der Waals surface area contributed by atoms with Gasteiger partial charge in [0, 0.05) is 12.2 Å². The highest BCUT2D eigenvalue weighted by Crippen LogP contribution is 2.63. The first-order valence-electron chi connectivity index (χ1n) is 20.8. The van der Waals surface area contributed by atoms with Crippen LogP contribution in [0.25, 0.3) is 5.52 Å². The summed E-state index contributed by atoms with van der Waals surface area (Å²) < 4.78 is 69.2. The van der Waals surface area contributed by atoms with E-state index in [0.29, 0.717) is 23.4 Å². The van der Waals surface area contributed by atoms with Crippen molar-refractivity contribution in [3.05, 3.63) is 59.5 Å². The number of nitrogens with zero attached hydrogens (tertiary/aromatic N) is 3. The third-order valence-corrected chi connectivity index (χ3v) is 12.2. The predicted octanol–water partition coefficient (Wildman–Crippen LogP) is 8.33. The molecule has 1 saturated carbocycles. The first kappa shape index (κ1) is 45.5. The van der Waals surface area contributed by atoms with Gasteiger partial charge in [0.2, 0.25) is 0 Å². The van der Waals surface area contributed by atoms with E-state index in [2.05, 4.69) is 17.0 Å². The molecule has 13 nitrogen and oxygen atoms in total. The Balaban J connectivity index is 1.02. The van der Waals surface area contributed by atoms with Crippen molar-refractivity contribution in [2.24, 2.45) is 0 Å². The van der Waals surface area contributed by atoms with E-state index in [9.17, 15) is 28.5 Å². The molecule has 3 aromatic rings. The fourth-order valence-electron chi connectivity index (χ4n) is 7.67. The van der Waals surface area contributed by atoms with Crippen LogP contribution in [-0.4, -0.2) is 79.5 Å². The van der Waals surface area contributed by atoms with E-state index < -0.39 is 56.5 Å². The van der Waals surface area contributed by atoms with Crippen LogP contribution in [0.2, 0.25) is 0 Å². The monoisotopic (exact) mass is 824 g/mol. The zero-order valence-electron chi connectivity index (χ0n) is 33.5. The van der Waals surface area contributed by atoms with Crippen molar-refractivity contribution in [2.75, 3.05) is 25.6 Å². The van der Waals surface area contributed by atoms with Gasteiger partial charge in [0.1, 0.15) is 41.9 Å². The van der Waals surface area contributed by atoms with E-state index in [1.807, 2.05) is 0 Å². The van der Waals surface area contributed by atoms with Crippen LogP contribution in [-0.2, 0) is 40.0 Å². The number of aliphatic hydroxyl groups excluding tert-OH is 1. The normalized spacial score (nSPS) is 24.6. The zero-order chi connectivity index (χ0) is 40.9. The van der Waals surface area contributed by atoms with Crippen LogP contribution in [0.4, 0.5) is 14.6 Å². The summed E-state index contributed by atoms with van der Waals surface area (Å²) in [6.07, 6.45) is 14.0. The summed E-state index contributed by atoms with van der Waals surface area (Å²) in [6.45, 7) is 3.94. The van der Waals surface area contributed by atoms with Gasteiger partial charge < -0.3 is 35.1 Å². The lowest BCUT2D eigenvalue weighted by Crippen LogP contribution is -2.46. The molecule has 3 heterocycles. The maximum atomic E-state index is 13.1. The molecule has 2 fully saturated rings. The van der Waals surface area contributed by atoms with Crippen molar-refractivity contribution >= 4 is 19.2 Å². The van der Waals surface area contributed by atoms with Crippen LogP contribution in [0.15, 0.2) is 42.7 Å². The lowest BCUT2D eigenvalue weighted by Gasteiger charge is -2.32. The third kappa shape index (κ3) is 12.2. The maximum absolute atomic E-state index is 13.1. The van der Waals surface area contributed by atoms with Crippen molar-refractivity contribution < 1.29 is 51.7 Å². The average Bonchev–Trinajstić information content (AvgIpc) is 3.44. The second-order valence-corrected chi connectivity index (χ2v) is 17.1. The molecule has 1 aliphatic heterocycles. The second kappa shape index (κ2) is 21.6. The summed E-state index contributed by atoms with van der Waals surface area (Å²) in [6, 6.07) is 9.00. The number of hydrogen-bond donors (Lipinski definition) is 4. The Labute approximate surface area is 335 Å². The number of benzene rings is 1.